The number of halogens is 2. The van der Waals surface area contributed by atoms with Crippen molar-refractivity contribution < 1.29 is 4.39 Å². The van der Waals surface area contributed by atoms with E-state index in [0.717, 1.165) is 17.5 Å². The largest absolute Gasteiger partial charge is 0.309 e. The van der Waals surface area contributed by atoms with Crippen LogP contribution in [-0.4, -0.2) is 7.05 Å². The minimum Gasteiger partial charge on any atom is -0.309 e. The van der Waals surface area contributed by atoms with Gasteiger partial charge in [-0.25, -0.2) is 4.39 Å². The van der Waals surface area contributed by atoms with Crippen LogP contribution >= 0.6 is 15.9 Å². The lowest BCUT2D eigenvalue weighted by Gasteiger charge is -2.19. The fourth-order valence-electron chi connectivity index (χ4n) is 2.59. The Kier molecular flexibility index (Phi) is 5.54. The molecule has 21 heavy (non-hydrogen) atoms. The topological polar surface area (TPSA) is 12.0 Å². The molecule has 0 aliphatic carbocycles. The second-order valence-corrected chi connectivity index (χ2v) is 6.59. The molecule has 0 bridgehead atoms. The van der Waals surface area contributed by atoms with E-state index < -0.39 is 0 Å². The Morgan fingerprint density at radius 1 is 1.10 bits per heavy atom. The second-order valence-electron chi connectivity index (χ2n) is 5.74. The number of rotatable bonds is 5. The van der Waals surface area contributed by atoms with E-state index in [4.69, 9.17) is 0 Å². The monoisotopic (exact) mass is 349 g/mol. The maximum absolute atomic E-state index is 13.8. The molecule has 3 heteroatoms. The molecule has 2 rings (SSSR count). The third-order valence-corrected chi connectivity index (χ3v) is 4.14. The molecule has 0 fully saturated rings. The predicted molar refractivity (Wildman–Crippen MR) is 90.0 cm³/mol. The average Bonchev–Trinajstić information content (AvgIpc) is 2.43. The van der Waals surface area contributed by atoms with Crippen molar-refractivity contribution in [3.8, 4) is 0 Å². The summed E-state index contributed by atoms with van der Waals surface area (Å²) in [5.41, 5.74) is 3.41. The van der Waals surface area contributed by atoms with Crippen LogP contribution in [0.2, 0.25) is 0 Å². The van der Waals surface area contributed by atoms with E-state index >= 15 is 0 Å². The van der Waals surface area contributed by atoms with E-state index in [1.165, 1.54) is 5.56 Å². The summed E-state index contributed by atoms with van der Waals surface area (Å²) in [6.07, 6.45) is 1.05. The van der Waals surface area contributed by atoms with Crippen molar-refractivity contribution in [2.45, 2.75) is 26.3 Å². The standard InChI is InChI=1S/C18H21BrFN/c1-12(2)9-13-5-4-6-14(10-13)18(21-3)15-7-8-16(19)17(20)11-15/h4-8,10-12,18,21H,9H2,1-3H3. The highest BCUT2D eigenvalue weighted by molar-refractivity contribution is 9.10. The molecule has 1 nitrogen and oxygen atoms in total. The van der Waals surface area contributed by atoms with Gasteiger partial charge in [0.25, 0.3) is 0 Å². The van der Waals surface area contributed by atoms with Gasteiger partial charge < -0.3 is 5.32 Å². The maximum Gasteiger partial charge on any atom is 0.137 e. The molecule has 0 saturated heterocycles. The van der Waals surface area contributed by atoms with Crippen LogP contribution in [0.4, 0.5) is 4.39 Å². The van der Waals surface area contributed by atoms with Gasteiger partial charge in [0.15, 0.2) is 0 Å². The first-order valence-electron chi connectivity index (χ1n) is 7.22. The molecule has 2 aromatic rings. The molecular formula is C18H21BrFN. The molecule has 0 amide bonds. The number of hydrogen-bond donors (Lipinski definition) is 1. The minimum atomic E-state index is -0.230. The lowest BCUT2D eigenvalue weighted by molar-refractivity contribution is 0.610. The van der Waals surface area contributed by atoms with Gasteiger partial charge in [-0.05, 0) is 64.1 Å². The van der Waals surface area contributed by atoms with Gasteiger partial charge in [-0.1, -0.05) is 44.2 Å². The summed E-state index contributed by atoms with van der Waals surface area (Å²) in [6.45, 7) is 4.43. The summed E-state index contributed by atoms with van der Waals surface area (Å²) >= 11 is 3.20. The van der Waals surface area contributed by atoms with Crippen LogP contribution in [0.3, 0.4) is 0 Å². The van der Waals surface area contributed by atoms with E-state index in [0.29, 0.717) is 10.4 Å². The lowest BCUT2D eigenvalue weighted by Crippen LogP contribution is -2.18. The van der Waals surface area contributed by atoms with Crippen molar-refractivity contribution >= 4 is 15.9 Å². The van der Waals surface area contributed by atoms with Crippen molar-refractivity contribution in [1.82, 2.24) is 5.32 Å². The quantitative estimate of drug-likeness (QED) is 0.792. The smallest absolute Gasteiger partial charge is 0.137 e. The zero-order valence-electron chi connectivity index (χ0n) is 12.7. The van der Waals surface area contributed by atoms with E-state index in [1.54, 1.807) is 12.1 Å². The normalized spacial score (nSPS) is 12.7. The Balaban J connectivity index is 2.34. The summed E-state index contributed by atoms with van der Waals surface area (Å²) in [5, 5.41) is 3.28. The van der Waals surface area contributed by atoms with Crippen LogP contribution in [0.15, 0.2) is 46.9 Å². The van der Waals surface area contributed by atoms with Gasteiger partial charge >= 0.3 is 0 Å². The first kappa shape index (κ1) is 16.2. The number of benzene rings is 2. The van der Waals surface area contributed by atoms with Crippen molar-refractivity contribution in [1.29, 1.82) is 0 Å². The minimum absolute atomic E-state index is 0.000266. The van der Waals surface area contributed by atoms with Crippen LogP contribution in [0, 0.1) is 11.7 Å². The van der Waals surface area contributed by atoms with Crippen LogP contribution in [0.1, 0.15) is 36.6 Å². The van der Waals surface area contributed by atoms with Crippen LogP contribution < -0.4 is 5.32 Å². The van der Waals surface area contributed by atoms with Gasteiger partial charge in [-0.3, -0.25) is 0 Å². The number of hydrogen-bond acceptors (Lipinski definition) is 1. The van der Waals surface area contributed by atoms with Gasteiger partial charge in [-0.2, -0.15) is 0 Å². The van der Waals surface area contributed by atoms with E-state index in [2.05, 4.69) is 59.4 Å². The molecule has 1 unspecified atom stereocenters. The van der Waals surface area contributed by atoms with Crippen LogP contribution in [-0.2, 0) is 6.42 Å². The second kappa shape index (κ2) is 7.19. The fraction of sp³-hybridized carbons (Fsp3) is 0.333. The summed E-state index contributed by atoms with van der Waals surface area (Å²) in [4.78, 5) is 0. The fourth-order valence-corrected chi connectivity index (χ4v) is 2.84. The maximum atomic E-state index is 13.8. The van der Waals surface area contributed by atoms with Crippen LogP contribution in [0.25, 0.3) is 0 Å². The molecular weight excluding hydrogens is 329 g/mol. The summed E-state index contributed by atoms with van der Waals surface area (Å²) in [7, 11) is 1.90. The van der Waals surface area contributed by atoms with Gasteiger partial charge in [0.05, 0.1) is 10.5 Å². The predicted octanol–water partition coefficient (Wildman–Crippen LogP) is 5.10. The van der Waals surface area contributed by atoms with Crippen molar-refractivity contribution in [2.75, 3.05) is 7.05 Å². The van der Waals surface area contributed by atoms with Crippen molar-refractivity contribution in [3.63, 3.8) is 0 Å². The highest BCUT2D eigenvalue weighted by Crippen LogP contribution is 2.26. The van der Waals surface area contributed by atoms with E-state index in [1.807, 2.05) is 13.1 Å². The third-order valence-electron chi connectivity index (χ3n) is 3.49. The molecule has 2 aromatic carbocycles. The van der Waals surface area contributed by atoms with Gasteiger partial charge in [0, 0.05) is 0 Å². The molecule has 112 valence electrons. The molecule has 0 spiro atoms. The molecule has 0 aliphatic rings. The summed E-state index contributed by atoms with van der Waals surface area (Å²) < 4.78 is 14.3. The molecule has 1 atom stereocenters. The van der Waals surface area contributed by atoms with E-state index in [-0.39, 0.29) is 11.9 Å². The lowest BCUT2D eigenvalue weighted by atomic mass is 9.94. The molecule has 0 saturated carbocycles. The van der Waals surface area contributed by atoms with Gasteiger partial charge in [0.1, 0.15) is 5.82 Å². The molecule has 0 heterocycles. The SMILES string of the molecule is CNC(c1cccc(CC(C)C)c1)c1ccc(Br)c(F)c1. The first-order valence-corrected chi connectivity index (χ1v) is 8.01. The third kappa shape index (κ3) is 4.14. The van der Waals surface area contributed by atoms with E-state index in [9.17, 15) is 4.39 Å². The Labute approximate surface area is 134 Å². The van der Waals surface area contributed by atoms with Gasteiger partial charge in [0.2, 0.25) is 0 Å². The Morgan fingerprint density at radius 3 is 2.43 bits per heavy atom. The van der Waals surface area contributed by atoms with Gasteiger partial charge in [-0.15, -0.1) is 0 Å². The Hall–Kier alpha value is -1.19. The zero-order chi connectivity index (χ0) is 15.4. The highest BCUT2D eigenvalue weighted by atomic mass is 79.9. The highest BCUT2D eigenvalue weighted by Gasteiger charge is 2.14. The average molecular weight is 350 g/mol. The Morgan fingerprint density at radius 2 is 1.81 bits per heavy atom. The molecule has 0 aromatic heterocycles. The Bertz CT molecular complexity index is 610. The molecule has 0 radical (unpaired) electrons. The van der Waals surface area contributed by atoms with Crippen molar-refractivity contribution in [2.24, 2.45) is 5.92 Å². The zero-order valence-corrected chi connectivity index (χ0v) is 14.2. The first-order chi connectivity index (χ1) is 10.0. The number of nitrogens with one attached hydrogen (secondary N) is 1. The summed E-state index contributed by atoms with van der Waals surface area (Å²) in [6, 6.07) is 13.8. The molecule has 1 N–H and O–H groups in total. The molecule has 0 aliphatic heterocycles. The van der Waals surface area contributed by atoms with Crippen molar-refractivity contribution in [3.05, 3.63) is 69.4 Å². The summed E-state index contributed by atoms with van der Waals surface area (Å²) in [5.74, 6) is 0.393. The van der Waals surface area contributed by atoms with Crippen LogP contribution in [0.5, 0.6) is 0 Å².